The number of hydrogen-bond donors (Lipinski definition) is 0. The van der Waals surface area contributed by atoms with Crippen molar-refractivity contribution in [2.24, 2.45) is 45.3 Å². The second-order valence-electron chi connectivity index (χ2n) is 12.5. The predicted molar refractivity (Wildman–Crippen MR) is 129 cm³/mol. The Labute approximate surface area is 210 Å². The molecule has 190 valence electrons. The predicted octanol–water partition coefficient (Wildman–Crippen LogP) is 5.54. The van der Waals surface area contributed by atoms with E-state index < -0.39 is 16.6 Å². The van der Waals surface area contributed by atoms with Crippen molar-refractivity contribution in [2.45, 2.75) is 91.0 Å². The van der Waals surface area contributed by atoms with E-state index in [0.717, 1.165) is 51.4 Å². The van der Waals surface area contributed by atoms with Crippen molar-refractivity contribution in [3.63, 3.8) is 0 Å². The third-order valence-electron chi connectivity index (χ3n) is 12.1. The van der Waals surface area contributed by atoms with Gasteiger partial charge in [0.1, 0.15) is 6.10 Å². The normalized spacial score (nSPS) is 46.6. The SMILES string of the molecule is COC1(OC)[C@@H](C)[C@@]2(CC[C@H]3[C@@H]4CC=C5C[C@@H](OC(C)=O)CC[C@]5(C)[C@H]4CC[C@@]32C)C1(C#N)C#N. The number of methoxy groups -OCH3 is 2. The van der Waals surface area contributed by atoms with E-state index in [9.17, 15) is 15.3 Å². The fourth-order valence-electron chi connectivity index (χ4n) is 10.7. The molecule has 35 heavy (non-hydrogen) atoms. The zero-order chi connectivity index (χ0) is 25.4. The summed E-state index contributed by atoms with van der Waals surface area (Å²) in [5, 5.41) is 21.0. The minimum Gasteiger partial charge on any atom is -0.462 e. The quantitative estimate of drug-likeness (QED) is 0.299. The summed E-state index contributed by atoms with van der Waals surface area (Å²) in [6.07, 6.45) is 10.4. The van der Waals surface area contributed by atoms with E-state index in [1.807, 2.05) is 0 Å². The van der Waals surface area contributed by atoms with Gasteiger partial charge in [0, 0.05) is 38.9 Å². The smallest absolute Gasteiger partial charge is 0.302 e. The fourth-order valence-corrected chi connectivity index (χ4v) is 10.7. The topological polar surface area (TPSA) is 92.3 Å². The molecule has 4 fully saturated rings. The molecule has 0 heterocycles. The van der Waals surface area contributed by atoms with Crippen LogP contribution < -0.4 is 0 Å². The molecule has 6 nitrogen and oxygen atoms in total. The Bertz CT molecular complexity index is 1020. The van der Waals surface area contributed by atoms with Crippen LogP contribution in [0.3, 0.4) is 0 Å². The monoisotopic (exact) mass is 480 g/mol. The van der Waals surface area contributed by atoms with Crippen LogP contribution in [-0.2, 0) is 19.0 Å². The first-order valence-corrected chi connectivity index (χ1v) is 13.4. The number of carbonyl (C=O) groups is 1. The Morgan fingerprint density at radius 1 is 1.03 bits per heavy atom. The first-order valence-electron chi connectivity index (χ1n) is 13.4. The second kappa shape index (κ2) is 7.80. The number of allylic oxidation sites excluding steroid dienone is 1. The highest BCUT2D eigenvalue weighted by Gasteiger charge is 2.88. The summed E-state index contributed by atoms with van der Waals surface area (Å²) in [4.78, 5) is 11.5. The lowest BCUT2D eigenvalue weighted by atomic mass is 9.31. The van der Waals surface area contributed by atoms with E-state index in [1.54, 1.807) is 14.2 Å². The van der Waals surface area contributed by atoms with E-state index in [2.05, 4.69) is 39.0 Å². The maximum absolute atomic E-state index is 11.5. The molecule has 0 aromatic heterocycles. The molecule has 0 aliphatic heterocycles. The highest BCUT2D eigenvalue weighted by molar-refractivity contribution is 5.66. The van der Waals surface area contributed by atoms with Crippen molar-refractivity contribution in [1.29, 1.82) is 10.5 Å². The van der Waals surface area contributed by atoms with Gasteiger partial charge in [-0.3, -0.25) is 4.79 Å². The number of esters is 1. The van der Waals surface area contributed by atoms with Gasteiger partial charge >= 0.3 is 5.97 Å². The molecular weight excluding hydrogens is 440 g/mol. The van der Waals surface area contributed by atoms with Gasteiger partial charge in [-0.25, -0.2) is 0 Å². The Kier molecular flexibility index (Phi) is 5.53. The molecule has 0 aromatic rings. The number of hydrogen-bond acceptors (Lipinski definition) is 6. The summed E-state index contributed by atoms with van der Waals surface area (Å²) in [6, 6.07) is 4.92. The number of rotatable bonds is 3. The summed E-state index contributed by atoms with van der Waals surface area (Å²) in [5.41, 5.74) is -0.252. The number of nitrogens with zero attached hydrogens (tertiary/aromatic N) is 2. The molecule has 6 heteroatoms. The van der Waals surface area contributed by atoms with Gasteiger partial charge in [0.2, 0.25) is 11.2 Å². The van der Waals surface area contributed by atoms with Gasteiger partial charge in [0.25, 0.3) is 0 Å². The van der Waals surface area contributed by atoms with Gasteiger partial charge in [-0.2, -0.15) is 10.5 Å². The first-order chi connectivity index (χ1) is 16.6. The molecule has 0 unspecified atom stereocenters. The summed E-state index contributed by atoms with van der Waals surface area (Å²) < 4.78 is 17.3. The molecule has 0 N–H and O–H groups in total. The molecule has 1 spiro atoms. The highest BCUT2D eigenvalue weighted by atomic mass is 16.7. The average molecular weight is 481 g/mol. The van der Waals surface area contributed by atoms with Crippen molar-refractivity contribution in [2.75, 3.05) is 14.2 Å². The third-order valence-corrected chi connectivity index (χ3v) is 12.1. The van der Waals surface area contributed by atoms with Gasteiger partial charge in [0.05, 0.1) is 12.1 Å². The summed E-state index contributed by atoms with van der Waals surface area (Å²) in [5.74, 6) is 0.199. The number of carbonyl (C=O) groups excluding carboxylic acids is 1. The van der Waals surface area contributed by atoms with Crippen LogP contribution in [0, 0.1) is 68.0 Å². The second-order valence-corrected chi connectivity index (χ2v) is 12.5. The molecular formula is C29H40N2O4. The van der Waals surface area contributed by atoms with Crippen LogP contribution in [0.5, 0.6) is 0 Å². The van der Waals surface area contributed by atoms with Gasteiger partial charge in [-0.15, -0.1) is 0 Å². The van der Waals surface area contributed by atoms with E-state index >= 15 is 0 Å². The molecule has 0 radical (unpaired) electrons. The van der Waals surface area contributed by atoms with Crippen molar-refractivity contribution in [3.05, 3.63) is 11.6 Å². The largest absolute Gasteiger partial charge is 0.462 e. The van der Waals surface area contributed by atoms with Gasteiger partial charge < -0.3 is 14.2 Å². The zero-order valence-electron chi connectivity index (χ0n) is 22.1. The molecule has 0 bridgehead atoms. The summed E-state index contributed by atoms with van der Waals surface area (Å²) in [7, 11) is 3.14. The molecule has 4 saturated carbocycles. The van der Waals surface area contributed by atoms with E-state index in [1.165, 1.54) is 12.5 Å². The zero-order valence-corrected chi connectivity index (χ0v) is 22.1. The molecule has 5 aliphatic rings. The Hall–Kier alpha value is -1.89. The lowest BCUT2D eigenvalue weighted by Gasteiger charge is -2.72. The van der Waals surface area contributed by atoms with Crippen molar-refractivity contribution in [1.82, 2.24) is 0 Å². The number of ether oxygens (including phenoxy) is 3. The fraction of sp³-hybridized carbons (Fsp3) is 0.828. The molecule has 5 rings (SSSR count). The minimum absolute atomic E-state index is 0.00546. The van der Waals surface area contributed by atoms with Crippen LogP contribution in [-0.4, -0.2) is 32.1 Å². The summed E-state index contributed by atoms with van der Waals surface area (Å²) in [6.45, 7) is 8.45. The Morgan fingerprint density at radius 3 is 2.29 bits per heavy atom. The van der Waals surface area contributed by atoms with Crippen molar-refractivity contribution >= 4 is 5.97 Å². The molecule has 0 amide bonds. The highest BCUT2D eigenvalue weighted by Crippen LogP contribution is 2.83. The van der Waals surface area contributed by atoms with E-state index in [0.29, 0.717) is 17.8 Å². The summed E-state index contributed by atoms with van der Waals surface area (Å²) >= 11 is 0. The number of fused-ring (bicyclic) bond motifs is 6. The van der Waals surface area contributed by atoms with Crippen LogP contribution >= 0.6 is 0 Å². The number of nitriles is 2. The van der Waals surface area contributed by atoms with Crippen LogP contribution in [0.2, 0.25) is 0 Å². The third kappa shape index (κ3) is 2.59. The van der Waals surface area contributed by atoms with E-state index in [-0.39, 0.29) is 28.8 Å². The first kappa shape index (κ1) is 24.8. The molecule has 5 aliphatic carbocycles. The minimum atomic E-state index is -1.32. The van der Waals surface area contributed by atoms with Crippen LogP contribution in [0.25, 0.3) is 0 Å². The Balaban J connectivity index is 1.50. The molecule has 0 aromatic carbocycles. The van der Waals surface area contributed by atoms with Crippen molar-refractivity contribution < 1.29 is 19.0 Å². The average Bonchev–Trinajstić information content (AvgIpc) is 3.17. The standard InChI is InChI=1S/C29H40N2O4/c1-18-28(27(16-30,17-31)29(18,33-5)34-6)14-11-24-22-8-7-20-15-21(35-19(2)32)9-12-25(20,3)23(22)10-13-26(24,28)4/h7,18,21-24H,8-15H2,1-6H3/t18-,21-,22+,23-,24-,25-,26-,28+/m0/s1. The van der Waals surface area contributed by atoms with Crippen LogP contribution in [0.1, 0.15) is 79.1 Å². The maximum Gasteiger partial charge on any atom is 0.302 e. The van der Waals surface area contributed by atoms with Crippen molar-refractivity contribution in [3.8, 4) is 12.1 Å². The van der Waals surface area contributed by atoms with Crippen LogP contribution in [0.15, 0.2) is 11.6 Å². The van der Waals surface area contributed by atoms with E-state index in [4.69, 9.17) is 14.2 Å². The van der Waals surface area contributed by atoms with Gasteiger partial charge in [-0.1, -0.05) is 32.4 Å². The van der Waals surface area contributed by atoms with Gasteiger partial charge in [0.15, 0.2) is 0 Å². The Morgan fingerprint density at radius 2 is 1.69 bits per heavy atom. The maximum atomic E-state index is 11.5. The molecule has 0 saturated heterocycles. The molecule has 8 atom stereocenters. The lowest BCUT2D eigenvalue weighted by molar-refractivity contribution is -0.412. The lowest BCUT2D eigenvalue weighted by Crippen LogP contribution is -2.80. The van der Waals surface area contributed by atoms with Gasteiger partial charge in [-0.05, 0) is 73.5 Å². The van der Waals surface area contributed by atoms with Crippen LogP contribution in [0.4, 0.5) is 0 Å².